The van der Waals surface area contributed by atoms with Gasteiger partial charge in [-0.05, 0) is 31.0 Å². The van der Waals surface area contributed by atoms with Gasteiger partial charge in [-0.3, -0.25) is 9.59 Å². The number of benzene rings is 1. The van der Waals surface area contributed by atoms with Crippen LogP contribution >= 0.6 is 11.6 Å². The van der Waals surface area contributed by atoms with E-state index in [9.17, 15) is 19.1 Å². The van der Waals surface area contributed by atoms with Crippen molar-refractivity contribution in [2.24, 2.45) is 11.8 Å². The Labute approximate surface area is 125 Å². The monoisotopic (exact) mass is 313 g/mol. The van der Waals surface area contributed by atoms with E-state index in [1.54, 1.807) is 0 Å². The number of halogens is 2. The van der Waals surface area contributed by atoms with E-state index in [0.29, 0.717) is 12.8 Å². The highest BCUT2D eigenvalue weighted by Gasteiger charge is 2.55. The number of aliphatic carboxylic acids is 1. The van der Waals surface area contributed by atoms with E-state index < -0.39 is 41.7 Å². The van der Waals surface area contributed by atoms with Crippen molar-refractivity contribution in [1.29, 1.82) is 0 Å². The Kier molecular flexibility index (Phi) is 3.59. The largest absolute Gasteiger partial charge is 0.481 e. The van der Waals surface area contributed by atoms with E-state index in [1.807, 2.05) is 0 Å². The highest BCUT2D eigenvalue weighted by molar-refractivity contribution is 6.30. The summed E-state index contributed by atoms with van der Waals surface area (Å²) < 4.78 is 19.2. The number of hydrogen-bond donors (Lipinski definition) is 2. The minimum Gasteiger partial charge on any atom is -0.481 e. The molecule has 3 rings (SSSR count). The van der Waals surface area contributed by atoms with Crippen molar-refractivity contribution in [2.45, 2.75) is 25.0 Å². The third kappa shape index (κ3) is 2.49. The normalized spacial score (nSPS) is 30.4. The fraction of sp³-hybridized carbons (Fsp3) is 0.429. The molecule has 0 aromatic heterocycles. The Balaban J connectivity index is 1.80. The van der Waals surface area contributed by atoms with Crippen LogP contribution in [0, 0.1) is 17.7 Å². The van der Waals surface area contributed by atoms with Crippen LogP contribution in [0.4, 0.5) is 10.1 Å². The molecule has 4 atom stereocenters. The number of carbonyl (C=O) groups is 2. The fourth-order valence-corrected chi connectivity index (χ4v) is 3.29. The molecule has 7 heteroatoms. The van der Waals surface area contributed by atoms with E-state index >= 15 is 0 Å². The number of amides is 1. The lowest BCUT2D eigenvalue weighted by Gasteiger charge is -2.23. The average Bonchev–Trinajstić information content (AvgIpc) is 3.02. The highest BCUT2D eigenvalue weighted by Crippen LogP contribution is 2.44. The van der Waals surface area contributed by atoms with Crippen LogP contribution < -0.4 is 5.32 Å². The molecule has 2 aliphatic rings. The molecule has 2 saturated heterocycles. The number of anilines is 1. The van der Waals surface area contributed by atoms with Gasteiger partial charge in [0, 0.05) is 5.02 Å². The summed E-state index contributed by atoms with van der Waals surface area (Å²) in [7, 11) is 0. The van der Waals surface area contributed by atoms with E-state index in [2.05, 4.69) is 5.32 Å². The van der Waals surface area contributed by atoms with Gasteiger partial charge in [-0.1, -0.05) is 11.6 Å². The maximum atomic E-state index is 13.7. The SMILES string of the molecule is O=C(O)[C@@H]1[C@H](C(=O)Nc2ccc(Cl)cc2F)[C@@H]2CC[C@@H]1O2. The van der Waals surface area contributed by atoms with Gasteiger partial charge >= 0.3 is 5.97 Å². The van der Waals surface area contributed by atoms with Gasteiger partial charge in [0.1, 0.15) is 5.82 Å². The second-order valence-electron chi connectivity index (χ2n) is 5.29. The topological polar surface area (TPSA) is 75.6 Å². The number of carbonyl (C=O) groups excluding carboxylic acids is 1. The summed E-state index contributed by atoms with van der Waals surface area (Å²) in [4.78, 5) is 23.6. The van der Waals surface area contributed by atoms with Crippen molar-refractivity contribution < 1.29 is 23.8 Å². The van der Waals surface area contributed by atoms with Gasteiger partial charge < -0.3 is 15.2 Å². The smallest absolute Gasteiger partial charge is 0.310 e. The van der Waals surface area contributed by atoms with Gasteiger partial charge in [0.2, 0.25) is 5.91 Å². The Morgan fingerprint density at radius 1 is 1.29 bits per heavy atom. The second-order valence-corrected chi connectivity index (χ2v) is 5.73. The summed E-state index contributed by atoms with van der Waals surface area (Å²) in [6, 6.07) is 3.88. The first-order chi connectivity index (χ1) is 9.97. The van der Waals surface area contributed by atoms with Crippen molar-refractivity contribution >= 4 is 29.2 Å². The summed E-state index contributed by atoms with van der Waals surface area (Å²) in [6.07, 6.45) is 0.445. The van der Waals surface area contributed by atoms with Crippen LogP contribution in [0.15, 0.2) is 18.2 Å². The molecule has 0 unspecified atom stereocenters. The molecule has 5 nitrogen and oxygen atoms in total. The number of carboxylic acids is 1. The van der Waals surface area contributed by atoms with Gasteiger partial charge in [0.15, 0.2) is 0 Å². The minimum atomic E-state index is -1.06. The number of ether oxygens (including phenoxy) is 1. The van der Waals surface area contributed by atoms with E-state index in [-0.39, 0.29) is 10.7 Å². The maximum Gasteiger partial charge on any atom is 0.310 e. The molecule has 1 aromatic carbocycles. The van der Waals surface area contributed by atoms with Crippen LogP contribution in [0.2, 0.25) is 5.02 Å². The zero-order valence-corrected chi connectivity index (χ0v) is 11.6. The Bertz CT molecular complexity index is 609. The number of hydrogen-bond acceptors (Lipinski definition) is 3. The molecule has 1 amide bonds. The fourth-order valence-electron chi connectivity index (χ4n) is 3.13. The van der Waals surface area contributed by atoms with Crippen LogP contribution in [0.1, 0.15) is 12.8 Å². The average molecular weight is 314 g/mol. The summed E-state index contributed by atoms with van der Waals surface area (Å²) >= 11 is 5.65. The molecule has 2 heterocycles. The lowest BCUT2D eigenvalue weighted by atomic mass is 9.78. The predicted molar refractivity (Wildman–Crippen MR) is 72.6 cm³/mol. The molecule has 0 aliphatic carbocycles. The Morgan fingerprint density at radius 2 is 1.95 bits per heavy atom. The number of fused-ring (bicyclic) bond motifs is 2. The standard InChI is InChI=1S/C14H13ClFNO4/c15-6-1-2-8(7(16)5-6)17-13(18)11-9-3-4-10(21-9)12(11)14(19)20/h1-2,5,9-12H,3-4H2,(H,17,18)(H,19,20)/t9-,10-,11+,12-/m0/s1. The van der Waals surface area contributed by atoms with Crippen molar-refractivity contribution in [3.63, 3.8) is 0 Å². The van der Waals surface area contributed by atoms with E-state index in [1.165, 1.54) is 12.1 Å². The molecule has 2 aliphatic heterocycles. The molecule has 0 radical (unpaired) electrons. The lowest BCUT2D eigenvalue weighted by molar-refractivity contribution is -0.147. The molecule has 2 bridgehead atoms. The first-order valence-corrected chi connectivity index (χ1v) is 6.99. The summed E-state index contributed by atoms with van der Waals surface area (Å²) in [6.45, 7) is 0. The van der Waals surface area contributed by atoms with Crippen molar-refractivity contribution in [2.75, 3.05) is 5.32 Å². The first kappa shape index (κ1) is 14.3. The Hall–Kier alpha value is -1.66. The number of nitrogens with one attached hydrogen (secondary N) is 1. The molecule has 2 fully saturated rings. The van der Waals surface area contributed by atoms with Gasteiger partial charge in [-0.15, -0.1) is 0 Å². The first-order valence-electron chi connectivity index (χ1n) is 6.61. The number of carboxylic acid groups (broad SMARTS) is 1. The van der Waals surface area contributed by atoms with Crippen molar-refractivity contribution in [3.8, 4) is 0 Å². The minimum absolute atomic E-state index is 0.0173. The molecule has 21 heavy (non-hydrogen) atoms. The summed E-state index contributed by atoms with van der Waals surface area (Å²) in [5.41, 5.74) is -0.0173. The molecular weight excluding hydrogens is 301 g/mol. The molecule has 0 saturated carbocycles. The zero-order valence-electron chi connectivity index (χ0n) is 10.9. The third-order valence-corrected chi connectivity index (χ3v) is 4.29. The van der Waals surface area contributed by atoms with Gasteiger partial charge in [0.25, 0.3) is 0 Å². The lowest BCUT2D eigenvalue weighted by Crippen LogP contribution is -2.41. The van der Waals surface area contributed by atoms with Crippen LogP contribution in [0.25, 0.3) is 0 Å². The van der Waals surface area contributed by atoms with Crippen LogP contribution in [0.5, 0.6) is 0 Å². The van der Waals surface area contributed by atoms with Crippen molar-refractivity contribution in [3.05, 3.63) is 29.0 Å². The summed E-state index contributed by atoms with van der Waals surface area (Å²) in [5.74, 6) is -3.92. The molecular formula is C14H13ClFNO4. The van der Waals surface area contributed by atoms with Crippen molar-refractivity contribution in [1.82, 2.24) is 0 Å². The van der Waals surface area contributed by atoms with Gasteiger partial charge in [0.05, 0.1) is 29.7 Å². The molecule has 2 N–H and O–H groups in total. The van der Waals surface area contributed by atoms with Gasteiger partial charge in [-0.25, -0.2) is 4.39 Å². The summed E-state index contributed by atoms with van der Waals surface area (Å²) in [5, 5.41) is 11.9. The Morgan fingerprint density at radius 3 is 2.57 bits per heavy atom. The molecule has 0 spiro atoms. The van der Waals surface area contributed by atoms with Gasteiger partial charge in [-0.2, -0.15) is 0 Å². The maximum absolute atomic E-state index is 13.7. The third-order valence-electron chi connectivity index (χ3n) is 4.05. The quantitative estimate of drug-likeness (QED) is 0.898. The zero-order chi connectivity index (χ0) is 15.1. The number of rotatable bonds is 3. The molecule has 1 aromatic rings. The van der Waals surface area contributed by atoms with Crippen LogP contribution in [0.3, 0.4) is 0 Å². The van der Waals surface area contributed by atoms with Crippen LogP contribution in [-0.2, 0) is 14.3 Å². The molecule has 112 valence electrons. The van der Waals surface area contributed by atoms with E-state index in [0.717, 1.165) is 6.07 Å². The second kappa shape index (κ2) is 5.27. The predicted octanol–water partition coefficient (Wildman–Crippen LogP) is 2.30. The van der Waals surface area contributed by atoms with Crippen LogP contribution in [-0.4, -0.2) is 29.2 Å². The highest BCUT2D eigenvalue weighted by atomic mass is 35.5. The van der Waals surface area contributed by atoms with E-state index in [4.69, 9.17) is 16.3 Å².